The summed E-state index contributed by atoms with van der Waals surface area (Å²) in [5, 5.41) is 0. The lowest BCUT2D eigenvalue weighted by Gasteiger charge is -2.19. The zero-order valence-corrected chi connectivity index (χ0v) is 39.6. The summed E-state index contributed by atoms with van der Waals surface area (Å²) >= 11 is 0. The van der Waals surface area contributed by atoms with Crippen LogP contribution in [0.2, 0.25) is 0 Å². The number of esters is 2. The van der Waals surface area contributed by atoms with Crippen molar-refractivity contribution in [2.75, 3.05) is 19.8 Å². The molecule has 9 heteroatoms. The molecule has 0 saturated carbocycles. The van der Waals surface area contributed by atoms with Crippen molar-refractivity contribution in [3.05, 3.63) is 36.5 Å². The van der Waals surface area contributed by atoms with Crippen molar-refractivity contribution >= 4 is 19.8 Å². The van der Waals surface area contributed by atoms with Gasteiger partial charge in [0.25, 0.3) is 0 Å². The Hall–Kier alpha value is -1.73. The number of carbonyl (C=O) groups is 2. The van der Waals surface area contributed by atoms with Crippen LogP contribution in [0.4, 0.5) is 0 Å². The van der Waals surface area contributed by atoms with Crippen LogP contribution >= 0.6 is 7.82 Å². The third-order valence-corrected chi connectivity index (χ3v) is 11.8. The second kappa shape index (κ2) is 45.8. The predicted molar refractivity (Wildman–Crippen MR) is 249 cm³/mol. The van der Waals surface area contributed by atoms with Gasteiger partial charge in [0.2, 0.25) is 0 Å². The molecule has 1 N–H and O–H groups in total. The fraction of sp³-hybridized carbons (Fsp3) is 0.840. The van der Waals surface area contributed by atoms with Crippen LogP contribution < -0.4 is 0 Å². The minimum Gasteiger partial charge on any atom is -0.462 e. The van der Waals surface area contributed by atoms with Crippen molar-refractivity contribution in [1.29, 1.82) is 0 Å². The molecule has 2 unspecified atom stereocenters. The van der Waals surface area contributed by atoms with Crippen molar-refractivity contribution in [3.8, 4) is 0 Å². The third-order valence-electron chi connectivity index (χ3n) is 10.7. The predicted octanol–water partition coefficient (Wildman–Crippen LogP) is 16.0. The molecule has 0 aromatic heterocycles. The standard InChI is InChI=1S/C50H93O8P/c1-4-7-9-11-13-15-17-19-21-22-23-24-25-26-27-28-29-31-32-34-36-38-40-42-44-49(51)55-46-48(47-57-59(53,54)56-6-3)58-50(52)45-43-41-39-37-35-33-30-20-18-16-14-12-10-8-5-2/h8,10,14,16,20,30,48H,4-7,9,11-13,15,17-19,21-29,31-47H2,1-3H3,(H,53,54)/b10-8-,16-14-,30-20-. The van der Waals surface area contributed by atoms with E-state index in [4.69, 9.17) is 18.5 Å². The van der Waals surface area contributed by atoms with Crippen LogP contribution in [-0.2, 0) is 32.7 Å². The quantitative estimate of drug-likeness (QED) is 0.0279. The molecule has 0 aromatic rings. The summed E-state index contributed by atoms with van der Waals surface area (Å²) in [4.78, 5) is 34.8. The zero-order chi connectivity index (χ0) is 43.2. The lowest BCUT2D eigenvalue weighted by atomic mass is 10.0. The minimum absolute atomic E-state index is 0.00234. The molecule has 8 nitrogen and oxygen atoms in total. The Bertz CT molecular complexity index is 1060. The second-order valence-corrected chi connectivity index (χ2v) is 17.9. The molecular formula is C50H93O8P. The molecule has 346 valence electrons. The Kier molecular flexibility index (Phi) is 44.4. The molecule has 0 heterocycles. The number of rotatable bonds is 46. The van der Waals surface area contributed by atoms with Crippen molar-refractivity contribution in [3.63, 3.8) is 0 Å². The average molecular weight is 853 g/mol. The Morgan fingerprint density at radius 3 is 1.31 bits per heavy atom. The van der Waals surface area contributed by atoms with Gasteiger partial charge in [-0.15, -0.1) is 0 Å². The average Bonchev–Trinajstić information content (AvgIpc) is 3.22. The highest BCUT2D eigenvalue weighted by Gasteiger charge is 2.25. The number of allylic oxidation sites excluding steroid dienone is 6. The van der Waals surface area contributed by atoms with Gasteiger partial charge < -0.3 is 14.4 Å². The van der Waals surface area contributed by atoms with Gasteiger partial charge in [0, 0.05) is 12.8 Å². The van der Waals surface area contributed by atoms with Gasteiger partial charge in [0.15, 0.2) is 6.10 Å². The first-order valence-corrected chi connectivity index (χ1v) is 26.3. The molecule has 0 saturated heterocycles. The van der Waals surface area contributed by atoms with Crippen molar-refractivity contribution < 1.29 is 37.6 Å². The van der Waals surface area contributed by atoms with Crippen LogP contribution in [0.5, 0.6) is 0 Å². The maximum Gasteiger partial charge on any atom is 0.472 e. The lowest BCUT2D eigenvalue weighted by Crippen LogP contribution is -2.29. The first kappa shape index (κ1) is 57.3. The van der Waals surface area contributed by atoms with Gasteiger partial charge in [-0.05, 0) is 51.9 Å². The molecule has 0 aliphatic carbocycles. The molecule has 0 rings (SSSR count). The number of ether oxygens (including phenoxy) is 2. The van der Waals surface area contributed by atoms with Gasteiger partial charge in [-0.3, -0.25) is 18.6 Å². The highest BCUT2D eigenvalue weighted by molar-refractivity contribution is 7.47. The van der Waals surface area contributed by atoms with Crippen LogP contribution in [0.25, 0.3) is 0 Å². The zero-order valence-electron chi connectivity index (χ0n) is 38.7. The SMILES string of the molecule is CC/C=C\C/C=C\C/C=C\CCCCCCCC(=O)OC(COC(=O)CCCCCCCCCCCCCCCCCCCCCCCCCC)COP(=O)(O)OCC. The number of hydrogen-bond donors (Lipinski definition) is 1. The van der Waals surface area contributed by atoms with E-state index in [-0.39, 0.29) is 25.6 Å². The molecule has 2 atom stereocenters. The van der Waals surface area contributed by atoms with Crippen LogP contribution in [-0.4, -0.2) is 42.8 Å². The van der Waals surface area contributed by atoms with Gasteiger partial charge in [-0.2, -0.15) is 0 Å². The fourth-order valence-electron chi connectivity index (χ4n) is 7.12. The Morgan fingerprint density at radius 1 is 0.475 bits per heavy atom. The molecule has 0 aliphatic heterocycles. The molecule has 0 radical (unpaired) electrons. The van der Waals surface area contributed by atoms with Crippen molar-refractivity contribution in [1.82, 2.24) is 0 Å². The first-order chi connectivity index (χ1) is 28.8. The van der Waals surface area contributed by atoms with E-state index in [9.17, 15) is 19.0 Å². The largest absolute Gasteiger partial charge is 0.472 e. The van der Waals surface area contributed by atoms with Crippen molar-refractivity contribution in [2.45, 2.75) is 252 Å². The van der Waals surface area contributed by atoms with Crippen LogP contribution in [0.15, 0.2) is 36.5 Å². The Morgan fingerprint density at radius 2 is 0.864 bits per heavy atom. The number of phosphoric acid groups is 1. The summed E-state index contributed by atoms with van der Waals surface area (Å²) in [7, 11) is -4.29. The van der Waals surface area contributed by atoms with E-state index in [1.54, 1.807) is 6.92 Å². The van der Waals surface area contributed by atoms with Gasteiger partial charge in [0.1, 0.15) is 6.61 Å². The number of phosphoric ester groups is 1. The lowest BCUT2D eigenvalue weighted by molar-refractivity contribution is -0.161. The van der Waals surface area contributed by atoms with Gasteiger partial charge in [-0.25, -0.2) is 4.57 Å². The molecule has 0 spiro atoms. The molecule has 0 fully saturated rings. The summed E-state index contributed by atoms with van der Waals surface area (Å²) in [5.74, 6) is -0.807. The number of unbranched alkanes of at least 4 members (excludes halogenated alkanes) is 28. The second-order valence-electron chi connectivity index (χ2n) is 16.5. The van der Waals surface area contributed by atoms with Gasteiger partial charge in [-0.1, -0.05) is 217 Å². The van der Waals surface area contributed by atoms with E-state index < -0.39 is 26.5 Å². The molecule has 0 bridgehead atoms. The van der Waals surface area contributed by atoms with Crippen LogP contribution in [0.3, 0.4) is 0 Å². The topological polar surface area (TPSA) is 108 Å². The first-order valence-electron chi connectivity index (χ1n) is 24.8. The van der Waals surface area contributed by atoms with E-state index in [0.717, 1.165) is 70.6 Å². The minimum atomic E-state index is -4.29. The maximum absolute atomic E-state index is 12.6. The molecule has 0 amide bonds. The highest BCUT2D eigenvalue weighted by Crippen LogP contribution is 2.43. The third kappa shape index (κ3) is 45.6. The Labute approximate surface area is 364 Å². The molecule has 59 heavy (non-hydrogen) atoms. The summed E-state index contributed by atoms with van der Waals surface area (Å²) in [6, 6.07) is 0. The molecule has 0 aliphatic rings. The highest BCUT2D eigenvalue weighted by atomic mass is 31.2. The van der Waals surface area contributed by atoms with Crippen LogP contribution in [0, 0.1) is 0 Å². The number of hydrogen-bond acceptors (Lipinski definition) is 7. The van der Waals surface area contributed by atoms with E-state index in [0.29, 0.717) is 12.8 Å². The van der Waals surface area contributed by atoms with Crippen molar-refractivity contribution in [2.24, 2.45) is 0 Å². The van der Waals surface area contributed by atoms with E-state index >= 15 is 0 Å². The molecular weight excluding hydrogens is 760 g/mol. The normalized spacial score (nSPS) is 13.5. The number of carbonyl (C=O) groups excluding carboxylic acids is 2. The van der Waals surface area contributed by atoms with Gasteiger partial charge >= 0.3 is 19.8 Å². The molecule has 0 aromatic carbocycles. The summed E-state index contributed by atoms with van der Waals surface area (Å²) in [6.45, 7) is 5.38. The smallest absolute Gasteiger partial charge is 0.462 e. The summed E-state index contributed by atoms with van der Waals surface area (Å²) in [5.41, 5.74) is 0. The monoisotopic (exact) mass is 853 g/mol. The van der Waals surface area contributed by atoms with Crippen LogP contribution in [0.1, 0.15) is 245 Å². The maximum atomic E-state index is 12.6. The van der Waals surface area contributed by atoms with E-state index in [1.165, 1.54) is 135 Å². The van der Waals surface area contributed by atoms with Gasteiger partial charge in [0.05, 0.1) is 13.2 Å². The fourth-order valence-corrected chi connectivity index (χ4v) is 7.87. The Balaban J connectivity index is 3.93. The summed E-state index contributed by atoms with van der Waals surface area (Å²) < 4.78 is 32.7. The van der Waals surface area contributed by atoms with E-state index in [1.807, 2.05) is 0 Å². The van der Waals surface area contributed by atoms with E-state index in [2.05, 4.69) is 50.3 Å². The summed E-state index contributed by atoms with van der Waals surface area (Å²) in [6.07, 6.45) is 53.6.